The summed E-state index contributed by atoms with van der Waals surface area (Å²) in [5.74, 6) is -1.58. The molecule has 0 saturated heterocycles. The van der Waals surface area contributed by atoms with Crippen molar-refractivity contribution in [2.24, 2.45) is 0 Å². The second-order valence-corrected chi connectivity index (χ2v) is 5.01. The molecule has 0 fully saturated rings. The van der Waals surface area contributed by atoms with Crippen molar-refractivity contribution in [2.75, 3.05) is 13.1 Å². The first kappa shape index (κ1) is 13.0. The third-order valence-corrected chi connectivity index (χ3v) is 3.53. The van der Waals surface area contributed by atoms with E-state index in [9.17, 15) is 8.78 Å². The molecule has 3 heteroatoms. The molecule has 0 spiro atoms. The second-order valence-electron chi connectivity index (χ2n) is 5.01. The summed E-state index contributed by atoms with van der Waals surface area (Å²) in [6.45, 7) is 2.47. The molecular formula is C17H15F2N. The van der Waals surface area contributed by atoms with E-state index in [-0.39, 0.29) is 0 Å². The van der Waals surface area contributed by atoms with Gasteiger partial charge >= 0.3 is 0 Å². The van der Waals surface area contributed by atoms with E-state index >= 15 is 0 Å². The minimum atomic E-state index is -0.798. The molecule has 102 valence electrons. The zero-order valence-corrected chi connectivity index (χ0v) is 11.0. The Hall–Kier alpha value is -2.00. The molecule has 0 amide bonds. The highest BCUT2D eigenvalue weighted by molar-refractivity contribution is 5.68. The highest BCUT2D eigenvalue weighted by Crippen LogP contribution is 2.23. The monoisotopic (exact) mass is 271 g/mol. The fraction of sp³-hybridized carbons (Fsp3) is 0.176. The molecule has 0 aliphatic carbocycles. The zero-order valence-electron chi connectivity index (χ0n) is 11.0. The van der Waals surface area contributed by atoms with Crippen molar-refractivity contribution in [3.05, 3.63) is 77.4 Å². The Kier molecular flexibility index (Phi) is 3.61. The molecule has 0 radical (unpaired) electrons. The first-order chi connectivity index (χ1) is 9.72. The summed E-state index contributed by atoms with van der Waals surface area (Å²) in [6, 6.07) is 14.3. The number of rotatable bonds is 3. The zero-order chi connectivity index (χ0) is 13.9. The topological polar surface area (TPSA) is 3.24 Å². The fourth-order valence-electron chi connectivity index (χ4n) is 2.48. The maximum absolute atomic E-state index is 13.3. The average Bonchev–Trinajstić information content (AvgIpc) is 2.91. The van der Waals surface area contributed by atoms with Crippen LogP contribution in [0.25, 0.3) is 5.57 Å². The van der Waals surface area contributed by atoms with Crippen molar-refractivity contribution in [3.63, 3.8) is 0 Å². The van der Waals surface area contributed by atoms with Crippen LogP contribution in [0.2, 0.25) is 0 Å². The standard InChI is InChI=1S/C17H15F2N/c18-16-7-6-14(10-17(16)19)15-8-9-20(12-15)11-13-4-2-1-3-5-13/h1-8,10H,9,11-12H2. The Morgan fingerprint density at radius 1 is 0.950 bits per heavy atom. The molecule has 1 aliphatic heterocycles. The lowest BCUT2D eigenvalue weighted by atomic mass is 10.1. The molecule has 3 rings (SSSR count). The molecule has 1 heterocycles. The van der Waals surface area contributed by atoms with Crippen LogP contribution >= 0.6 is 0 Å². The fourth-order valence-corrected chi connectivity index (χ4v) is 2.48. The Labute approximate surface area is 117 Å². The van der Waals surface area contributed by atoms with E-state index in [0.29, 0.717) is 0 Å². The molecule has 0 saturated carbocycles. The molecule has 0 aromatic heterocycles. The first-order valence-electron chi connectivity index (χ1n) is 6.63. The smallest absolute Gasteiger partial charge is 0.159 e. The van der Waals surface area contributed by atoms with Crippen molar-refractivity contribution in [1.82, 2.24) is 4.90 Å². The van der Waals surface area contributed by atoms with Crippen LogP contribution in [0.1, 0.15) is 11.1 Å². The van der Waals surface area contributed by atoms with Gasteiger partial charge in [0.1, 0.15) is 0 Å². The molecule has 0 bridgehead atoms. The average molecular weight is 271 g/mol. The third-order valence-electron chi connectivity index (χ3n) is 3.53. The molecule has 0 N–H and O–H groups in total. The lowest BCUT2D eigenvalue weighted by molar-refractivity contribution is 0.348. The van der Waals surface area contributed by atoms with Crippen molar-refractivity contribution < 1.29 is 8.78 Å². The maximum Gasteiger partial charge on any atom is 0.159 e. The summed E-state index contributed by atoms with van der Waals surface area (Å²) in [5, 5.41) is 0. The molecule has 1 nitrogen and oxygen atoms in total. The minimum absolute atomic E-state index is 0.763. The van der Waals surface area contributed by atoms with Crippen LogP contribution in [0.15, 0.2) is 54.6 Å². The third kappa shape index (κ3) is 2.78. The highest BCUT2D eigenvalue weighted by atomic mass is 19.2. The summed E-state index contributed by atoms with van der Waals surface area (Å²) in [5.41, 5.74) is 3.08. The summed E-state index contributed by atoms with van der Waals surface area (Å²) in [6.07, 6.45) is 2.08. The van der Waals surface area contributed by atoms with Crippen LogP contribution in [-0.2, 0) is 6.54 Å². The van der Waals surface area contributed by atoms with Gasteiger partial charge in [0.25, 0.3) is 0 Å². The van der Waals surface area contributed by atoms with Crippen LogP contribution < -0.4 is 0 Å². The number of hydrogen-bond acceptors (Lipinski definition) is 1. The molecule has 2 aromatic rings. The van der Waals surface area contributed by atoms with Crippen molar-refractivity contribution in [2.45, 2.75) is 6.54 Å². The molecular weight excluding hydrogens is 256 g/mol. The number of halogens is 2. The van der Waals surface area contributed by atoms with Gasteiger partial charge in [0, 0.05) is 19.6 Å². The van der Waals surface area contributed by atoms with Gasteiger partial charge in [0.05, 0.1) is 0 Å². The predicted octanol–water partition coefficient (Wildman–Crippen LogP) is 3.86. The summed E-state index contributed by atoms with van der Waals surface area (Å²) in [4.78, 5) is 2.27. The van der Waals surface area contributed by atoms with Crippen molar-refractivity contribution >= 4 is 5.57 Å². The van der Waals surface area contributed by atoms with E-state index in [4.69, 9.17) is 0 Å². The van der Waals surface area contributed by atoms with Crippen LogP contribution in [0.4, 0.5) is 8.78 Å². The van der Waals surface area contributed by atoms with Gasteiger partial charge < -0.3 is 0 Å². The van der Waals surface area contributed by atoms with Gasteiger partial charge in [-0.15, -0.1) is 0 Å². The van der Waals surface area contributed by atoms with E-state index in [0.717, 1.165) is 30.8 Å². The van der Waals surface area contributed by atoms with Gasteiger partial charge in [0.2, 0.25) is 0 Å². The van der Waals surface area contributed by atoms with Crippen LogP contribution in [0.5, 0.6) is 0 Å². The van der Waals surface area contributed by atoms with E-state index in [1.165, 1.54) is 17.7 Å². The second kappa shape index (κ2) is 5.55. The molecule has 20 heavy (non-hydrogen) atoms. The van der Waals surface area contributed by atoms with E-state index in [1.54, 1.807) is 6.07 Å². The van der Waals surface area contributed by atoms with E-state index in [2.05, 4.69) is 23.1 Å². The Morgan fingerprint density at radius 3 is 2.50 bits per heavy atom. The summed E-state index contributed by atoms with van der Waals surface area (Å²) in [7, 11) is 0. The van der Waals surface area contributed by atoms with Gasteiger partial charge in [-0.05, 0) is 28.8 Å². The van der Waals surface area contributed by atoms with Crippen molar-refractivity contribution in [1.29, 1.82) is 0 Å². The van der Waals surface area contributed by atoms with Gasteiger partial charge in [-0.1, -0.05) is 42.5 Å². The SMILES string of the molecule is Fc1ccc(C2=CCN(Cc3ccccc3)C2)cc1F. The van der Waals surface area contributed by atoms with Gasteiger partial charge in [0.15, 0.2) is 11.6 Å². The quantitative estimate of drug-likeness (QED) is 0.819. The molecule has 0 unspecified atom stereocenters. The highest BCUT2D eigenvalue weighted by Gasteiger charge is 2.16. The summed E-state index contributed by atoms with van der Waals surface area (Å²) >= 11 is 0. The van der Waals surface area contributed by atoms with Crippen LogP contribution in [0.3, 0.4) is 0 Å². The minimum Gasteiger partial charge on any atom is -0.291 e. The normalized spacial score (nSPS) is 15.4. The molecule has 1 aliphatic rings. The largest absolute Gasteiger partial charge is 0.291 e. The Balaban J connectivity index is 1.68. The maximum atomic E-state index is 13.3. The Morgan fingerprint density at radius 2 is 1.75 bits per heavy atom. The predicted molar refractivity (Wildman–Crippen MR) is 76.1 cm³/mol. The Bertz CT molecular complexity index is 635. The lowest BCUT2D eigenvalue weighted by Crippen LogP contribution is -2.20. The number of nitrogens with zero attached hydrogens (tertiary/aromatic N) is 1. The van der Waals surface area contributed by atoms with Gasteiger partial charge in [-0.3, -0.25) is 4.90 Å². The number of benzene rings is 2. The van der Waals surface area contributed by atoms with Gasteiger partial charge in [-0.2, -0.15) is 0 Å². The first-order valence-corrected chi connectivity index (χ1v) is 6.63. The molecule has 2 aromatic carbocycles. The molecule has 0 atom stereocenters. The van der Waals surface area contributed by atoms with E-state index < -0.39 is 11.6 Å². The van der Waals surface area contributed by atoms with Gasteiger partial charge in [-0.25, -0.2) is 8.78 Å². The van der Waals surface area contributed by atoms with Crippen LogP contribution in [-0.4, -0.2) is 18.0 Å². The number of hydrogen-bond donors (Lipinski definition) is 0. The van der Waals surface area contributed by atoms with E-state index in [1.807, 2.05) is 18.2 Å². The van der Waals surface area contributed by atoms with Crippen LogP contribution in [0, 0.1) is 11.6 Å². The lowest BCUT2D eigenvalue weighted by Gasteiger charge is -2.16. The summed E-state index contributed by atoms with van der Waals surface area (Å²) < 4.78 is 26.2. The van der Waals surface area contributed by atoms with Crippen molar-refractivity contribution in [3.8, 4) is 0 Å².